The van der Waals surface area contributed by atoms with E-state index in [1.54, 1.807) is 6.92 Å². The van der Waals surface area contributed by atoms with Crippen molar-refractivity contribution in [2.45, 2.75) is 44.2 Å². The Labute approximate surface area is 122 Å². The molecule has 0 amide bonds. The van der Waals surface area contributed by atoms with Gasteiger partial charge in [-0.05, 0) is 39.3 Å². The minimum atomic E-state index is -4.08. The standard InChI is InChI=1S/C13H18FNO5S/c1-7(4-8(2)16)15-21(19,20)12-6-10(13(17)18)5-11(14)9(12)3/h5-8,15-16H,4H2,1-3H3,(H,17,18). The van der Waals surface area contributed by atoms with Gasteiger partial charge in [0.25, 0.3) is 0 Å². The molecule has 0 aliphatic carbocycles. The van der Waals surface area contributed by atoms with Crippen LogP contribution in [-0.2, 0) is 10.0 Å². The number of hydrogen-bond acceptors (Lipinski definition) is 4. The number of carboxylic acids is 1. The summed E-state index contributed by atoms with van der Waals surface area (Å²) in [4.78, 5) is 10.5. The second-order valence-corrected chi connectivity index (χ2v) is 6.68. The van der Waals surface area contributed by atoms with Crippen molar-refractivity contribution < 1.29 is 27.8 Å². The Hall–Kier alpha value is -1.51. The molecular weight excluding hydrogens is 301 g/mol. The van der Waals surface area contributed by atoms with Crippen LogP contribution in [0, 0.1) is 12.7 Å². The highest BCUT2D eigenvalue weighted by Gasteiger charge is 2.24. The molecule has 21 heavy (non-hydrogen) atoms. The lowest BCUT2D eigenvalue weighted by Gasteiger charge is -2.17. The summed E-state index contributed by atoms with van der Waals surface area (Å²) in [6, 6.07) is 1.11. The van der Waals surface area contributed by atoms with E-state index in [0.29, 0.717) is 0 Å². The molecule has 0 saturated heterocycles. The molecule has 2 atom stereocenters. The van der Waals surface area contributed by atoms with Gasteiger partial charge in [-0.2, -0.15) is 0 Å². The number of rotatable bonds is 6. The van der Waals surface area contributed by atoms with Crippen LogP contribution in [0.1, 0.15) is 36.2 Å². The largest absolute Gasteiger partial charge is 0.478 e. The maximum Gasteiger partial charge on any atom is 0.335 e. The minimum Gasteiger partial charge on any atom is -0.478 e. The highest BCUT2D eigenvalue weighted by Crippen LogP contribution is 2.21. The number of hydrogen-bond donors (Lipinski definition) is 3. The summed E-state index contributed by atoms with van der Waals surface area (Å²) in [6.45, 7) is 4.33. The Kier molecular flexibility index (Phi) is 5.43. The van der Waals surface area contributed by atoms with Gasteiger partial charge in [-0.15, -0.1) is 0 Å². The third kappa shape index (κ3) is 4.48. The normalized spacial score (nSPS) is 14.7. The average Bonchev–Trinajstić information content (AvgIpc) is 2.29. The third-order valence-electron chi connectivity index (χ3n) is 2.88. The molecule has 6 nitrogen and oxygen atoms in total. The number of nitrogens with one attached hydrogen (secondary N) is 1. The van der Waals surface area contributed by atoms with Crippen LogP contribution in [0.2, 0.25) is 0 Å². The van der Waals surface area contributed by atoms with Crippen LogP contribution >= 0.6 is 0 Å². The van der Waals surface area contributed by atoms with Gasteiger partial charge >= 0.3 is 5.97 Å². The molecule has 1 aromatic rings. The summed E-state index contributed by atoms with van der Waals surface area (Å²) >= 11 is 0. The second-order valence-electron chi connectivity index (χ2n) is 4.99. The molecule has 0 spiro atoms. The zero-order valence-corrected chi connectivity index (χ0v) is 12.7. The summed E-state index contributed by atoms with van der Waals surface area (Å²) in [5, 5.41) is 18.1. The van der Waals surface area contributed by atoms with Crippen LogP contribution in [0.15, 0.2) is 17.0 Å². The molecule has 0 heterocycles. The van der Waals surface area contributed by atoms with E-state index in [1.807, 2.05) is 0 Å². The number of aliphatic hydroxyl groups excluding tert-OH is 1. The molecule has 2 unspecified atom stereocenters. The number of carboxylic acid groups (broad SMARTS) is 1. The highest BCUT2D eigenvalue weighted by atomic mass is 32.2. The fraction of sp³-hybridized carbons (Fsp3) is 0.462. The second kappa shape index (κ2) is 6.50. The Morgan fingerprint density at radius 2 is 1.95 bits per heavy atom. The first-order valence-corrected chi connectivity index (χ1v) is 7.76. The SMILES string of the molecule is Cc1c(F)cc(C(=O)O)cc1S(=O)(=O)NC(C)CC(C)O. The predicted molar refractivity (Wildman–Crippen MR) is 74.2 cm³/mol. The van der Waals surface area contributed by atoms with E-state index >= 15 is 0 Å². The molecule has 0 aliphatic heterocycles. The predicted octanol–water partition coefficient (Wildman–Crippen LogP) is 1.27. The van der Waals surface area contributed by atoms with Crippen LogP contribution in [0.5, 0.6) is 0 Å². The molecule has 0 radical (unpaired) electrons. The molecular formula is C13H18FNO5S. The maximum atomic E-state index is 13.7. The lowest BCUT2D eigenvalue weighted by Crippen LogP contribution is -2.35. The molecule has 0 fully saturated rings. The number of halogens is 1. The fourth-order valence-electron chi connectivity index (χ4n) is 1.94. The van der Waals surface area contributed by atoms with E-state index in [1.165, 1.54) is 13.8 Å². The molecule has 0 aliphatic rings. The molecule has 3 N–H and O–H groups in total. The first-order valence-electron chi connectivity index (χ1n) is 6.28. The number of aliphatic hydroxyl groups is 1. The highest BCUT2D eigenvalue weighted by molar-refractivity contribution is 7.89. The molecule has 0 bridgehead atoms. The number of benzene rings is 1. The summed E-state index contributed by atoms with van der Waals surface area (Å²) < 4.78 is 40.4. The molecule has 118 valence electrons. The summed E-state index contributed by atoms with van der Waals surface area (Å²) in [6.07, 6.45) is -0.523. The number of carbonyl (C=O) groups is 1. The van der Waals surface area contributed by atoms with Crippen molar-refractivity contribution in [1.82, 2.24) is 4.72 Å². The van der Waals surface area contributed by atoms with Crippen LogP contribution in [0.3, 0.4) is 0 Å². The fourth-order valence-corrected chi connectivity index (χ4v) is 3.48. The van der Waals surface area contributed by atoms with Gasteiger partial charge in [-0.1, -0.05) is 0 Å². The third-order valence-corrected chi connectivity index (χ3v) is 4.60. The minimum absolute atomic E-state index is 0.156. The van der Waals surface area contributed by atoms with Gasteiger partial charge in [0.1, 0.15) is 5.82 Å². The molecule has 0 saturated carbocycles. The Morgan fingerprint density at radius 1 is 1.38 bits per heavy atom. The Balaban J connectivity index is 3.22. The van der Waals surface area contributed by atoms with Gasteiger partial charge in [-0.25, -0.2) is 22.3 Å². The van der Waals surface area contributed by atoms with Gasteiger partial charge < -0.3 is 10.2 Å². The van der Waals surface area contributed by atoms with Crippen molar-refractivity contribution in [3.63, 3.8) is 0 Å². The van der Waals surface area contributed by atoms with Gasteiger partial charge in [0.15, 0.2) is 0 Å². The molecule has 0 aromatic heterocycles. The lowest BCUT2D eigenvalue weighted by atomic mass is 10.1. The van der Waals surface area contributed by atoms with Crippen LogP contribution in [-0.4, -0.2) is 36.7 Å². The first-order chi connectivity index (χ1) is 9.54. The first kappa shape index (κ1) is 17.5. The molecule has 8 heteroatoms. The van der Waals surface area contributed by atoms with Crippen molar-refractivity contribution in [3.8, 4) is 0 Å². The number of sulfonamides is 1. The Bertz CT molecular complexity index is 642. The van der Waals surface area contributed by atoms with Crippen molar-refractivity contribution in [2.75, 3.05) is 0 Å². The topological polar surface area (TPSA) is 104 Å². The van der Waals surface area contributed by atoms with E-state index < -0.39 is 44.4 Å². The van der Waals surface area contributed by atoms with Crippen LogP contribution < -0.4 is 4.72 Å². The van der Waals surface area contributed by atoms with E-state index in [0.717, 1.165) is 12.1 Å². The summed E-state index contributed by atoms with van der Waals surface area (Å²) in [5.41, 5.74) is -0.599. The van der Waals surface area contributed by atoms with Gasteiger partial charge in [0, 0.05) is 11.6 Å². The summed E-state index contributed by atoms with van der Waals surface area (Å²) in [7, 11) is -4.08. The summed E-state index contributed by atoms with van der Waals surface area (Å²) in [5.74, 6) is -2.32. The zero-order valence-electron chi connectivity index (χ0n) is 11.9. The van der Waals surface area contributed by atoms with E-state index in [4.69, 9.17) is 5.11 Å². The zero-order chi connectivity index (χ0) is 16.4. The molecule has 1 rings (SSSR count). The quantitative estimate of drug-likeness (QED) is 0.732. The van der Waals surface area contributed by atoms with Gasteiger partial charge in [0.05, 0.1) is 16.6 Å². The Morgan fingerprint density at radius 3 is 2.43 bits per heavy atom. The average molecular weight is 319 g/mol. The van der Waals surface area contributed by atoms with E-state index in [9.17, 15) is 22.7 Å². The van der Waals surface area contributed by atoms with E-state index in [-0.39, 0.29) is 12.0 Å². The lowest BCUT2D eigenvalue weighted by molar-refractivity contribution is 0.0696. The van der Waals surface area contributed by atoms with Crippen molar-refractivity contribution in [1.29, 1.82) is 0 Å². The molecule has 1 aromatic carbocycles. The van der Waals surface area contributed by atoms with Crippen molar-refractivity contribution in [2.24, 2.45) is 0 Å². The van der Waals surface area contributed by atoms with Crippen molar-refractivity contribution in [3.05, 3.63) is 29.1 Å². The van der Waals surface area contributed by atoms with E-state index in [2.05, 4.69) is 4.72 Å². The monoisotopic (exact) mass is 319 g/mol. The smallest absolute Gasteiger partial charge is 0.335 e. The maximum absolute atomic E-state index is 13.7. The van der Waals surface area contributed by atoms with Gasteiger partial charge in [-0.3, -0.25) is 0 Å². The van der Waals surface area contributed by atoms with Crippen molar-refractivity contribution >= 4 is 16.0 Å². The van der Waals surface area contributed by atoms with Crippen LogP contribution in [0.4, 0.5) is 4.39 Å². The van der Waals surface area contributed by atoms with Crippen LogP contribution in [0.25, 0.3) is 0 Å². The van der Waals surface area contributed by atoms with Gasteiger partial charge in [0.2, 0.25) is 10.0 Å². The number of aromatic carboxylic acids is 1.